The maximum Gasteiger partial charge on any atom is 0.224 e. The fraction of sp³-hybridized carbons (Fsp3) is 0.909. The zero-order chi connectivity index (χ0) is 11.4. The van der Waals surface area contributed by atoms with Gasteiger partial charge in [-0.05, 0) is 26.8 Å². The van der Waals surface area contributed by atoms with E-state index >= 15 is 0 Å². The van der Waals surface area contributed by atoms with Crippen molar-refractivity contribution in [1.82, 2.24) is 10.2 Å². The van der Waals surface area contributed by atoms with Crippen LogP contribution in [-0.2, 0) is 4.79 Å². The van der Waals surface area contributed by atoms with Gasteiger partial charge in [0.15, 0.2) is 0 Å². The molecule has 0 aromatic rings. The molecule has 0 aromatic carbocycles. The molecule has 1 saturated carbocycles. The van der Waals surface area contributed by atoms with Crippen molar-refractivity contribution >= 4 is 17.5 Å². The summed E-state index contributed by atoms with van der Waals surface area (Å²) in [6, 6.07) is 1.14. The predicted octanol–water partition coefficient (Wildman–Crippen LogP) is 1.46. The van der Waals surface area contributed by atoms with Gasteiger partial charge in [-0.1, -0.05) is 6.92 Å². The molecule has 1 rings (SSSR count). The van der Waals surface area contributed by atoms with E-state index < -0.39 is 0 Å². The minimum absolute atomic E-state index is 0.0565. The van der Waals surface area contributed by atoms with Gasteiger partial charge in [0.2, 0.25) is 5.91 Å². The highest BCUT2D eigenvalue weighted by Crippen LogP contribution is 2.26. The number of hydrogen-bond donors (Lipinski definition) is 1. The van der Waals surface area contributed by atoms with Gasteiger partial charge in [-0.25, -0.2) is 0 Å². The molecular weight excluding hydrogens is 212 g/mol. The van der Waals surface area contributed by atoms with E-state index in [-0.39, 0.29) is 11.8 Å². The van der Waals surface area contributed by atoms with E-state index in [2.05, 4.69) is 24.2 Å². The van der Waals surface area contributed by atoms with Crippen LogP contribution in [0.2, 0.25) is 0 Å². The van der Waals surface area contributed by atoms with Gasteiger partial charge >= 0.3 is 0 Å². The Morgan fingerprint density at radius 3 is 2.60 bits per heavy atom. The molecule has 0 aliphatic heterocycles. The zero-order valence-electron chi connectivity index (χ0n) is 9.79. The first kappa shape index (κ1) is 12.8. The minimum atomic E-state index is -0.0925. The first-order valence-corrected chi connectivity index (χ1v) is 6.15. The minimum Gasteiger partial charge on any atom is -0.354 e. The van der Waals surface area contributed by atoms with Crippen molar-refractivity contribution in [2.75, 3.05) is 19.5 Å². The molecule has 0 radical (unpaired) electrons. The van der Waals surface area contributed by atoms with E-state index in [4.69, 9.17) is 11.6 Å². The summed E-state index contributed by atoms with van der Waals surface area (Å²) in [6.45, 7) is 4.70. The summed E-state index contributed by atoms with van der Waals surface area (Å²) in [4.78, 5) is 13.8. The number of amides is 1. The van der Waals surface area contributed by atoms with E-state index in [0.29, 0.717) is 18.5 Å². The summed E-state index contributed by atoms with van der Waals surface area (Å²) >= 11 is 5.61. The molecule has 1 N–H and O–H groups in total. The maximum atomic E-state index is 11.5. The standard InChI is InChI=1S/C11H21ClN2O/c1-8(6-12)11(15)13-7-9(2)14(3)10-4-5-10/h8-10H,4-7H2,1-3H3,(H,13,15). The molecule has 0 bridgehead atoms. The Morgan fingerprint density at radius 2 is 2.13 bits per heavy atom. The van der Waals surface area contributed by atoms with E-state index in [1.807, 2.05) is 6.92 Å². The zero-order valence-corrected chi connectivity index (χ0v) is 10.5. The molecule has 2 atom stereocenters. The average molecular weight is 233 g/mol. The lowest BCUT2D eigenvalue weighted by molar-refractivity contribution is -0.124. The Bertz CT molecular complexity index is 219. The summed E-state index contributed by atoms with van der Waals surface area (Å²) in [6.07, 6.45) is 2.60. The molecule has 1 aliphatic rings. The van der Waals surface area contributed by atoms with Crippen LogP contribution in [0.15, 0.2) is 0 Å². The largest absolute Gasteiger partial charge is 0.354 e. The number of carbonyl (C=O) groups is 1. The Morgan fingerprint density at radius 1 is 1.53 bits per heavy atom. The van der Waals surface area contributed by atoms with Gasteiger partial charge in [-0.2, -0.15) is 0 Å². The lowest BCUT2D eigenvalue weighted by atomic mass is 10.2. The average Bonchev–Trinajstić information content (AvgIpc) is 3.06. The second-order valence-corrected chi connectivity index (χ2v) is 4.85. The van der Waals surface area contributed by atoms with Gasteiger partial charge in [0.05, 0.1) is 0 Å². The van der Waals surface area contributed by atoms with Crippen LogP contribution in [0.1, 0.15) is 26.7 Å². The van der Waals surface area contributed by atoms with Crippen molar-refractivity contribution in [2.45, 2.75) is 38.8 Å². The second kappa shape index (κ2) is 5.71. The first-order chi connectivity index (χ1) is 7.06. The Hall–Kier alpha value is -0.280. The van der Waals surface area contributed by atoms with Crippen LogP contribution in [0, 0.1) is 5.92 Å². The number of rotatable bonds is 6. The van der Waals surface area contributed by atoms with E-state index in [1.165, 1.54) is 12.8 Å². The van der Waals surface area contributed by atoms with Crippen LogP contribution in [0.25, 0.3) is 0 Å². The third-order valence-electron chi connectivity index (χ3n) is 3.07. The third kappa shape index (κ3) is 3.99. The molecule has 1 aliphatic carbocycles. The fourth-order valence-corrected chi connectivity index (χ4v) is 1.62. The Kier molecular flexibility index (Phi) is 4.87. The van der Waals surface area contributed by atoms with Crippen molar-refractivity contribution < 1.29 is 4.79 Å². The summed E-state index contributed by atoms with van der Waals surface area (Å²) in [5, 5.41) is 2.93. The van der Waals surface area contributed by atoms with Crippen molar-refractivity contribution in [1.29, 1.82) is 0 Å². The van der Waals surface area contributed by atoms with Crippen LogP contribution in [-0.4, -0.2) is 42.4 Å². The van der Waals surface area contributed by atoms with Crippen LogP contribution in [0.4, 0.5) is 0 Å². The molecule has 2 unspecified atom stereocenters. The third-order valence-corrected chi connectivity index (χ3v) is 3.53. The van der Waals surface area contributed by atoms with Gasteiger partial charge in [0.1, 0.15) is 0 Å². The van der Waals surface area contributed by atoms with Gasteiger partial charge in [-0.3, -0.25) is 9.69 Å². The topological polar surface area (TPSA) is 32.3 Å². The number of nitrogens with zero attached hydrogens (tertiary/aromatic N) is 1. The number of hydrogen-bond acceptors (Lipinski definition) is 2. The molecule has 88 valence electrons. The molecule has 15 heavy (non-hydrogen) atoms. The van der Waals surface area contributed by atoms with Gasteiger partial charge in [0.25, 0.3) is 0 Å². The molecule has 0 aromatic heterocycles. The molecule has 0 spiro atoms. The number of alkyl halides is 1. The van der Waals surface area contributed by atoms with Crippen LogP contribution >= 0.6 is 11.6 Å². The molecule has 0 saturated heterocycles. The lowest BCUT2D eigenvalue weighted by Gasteiger charge is -2.25. The lowest BCUT2D eigenvalue weighted by Crippen LogP contribution is -2.42. The van der Waals surface area contributed by atoms with Gasteiger partial charge in [0, 0.05) is 30.4 Å². The summed E-state index contributed by atoms with van der Waals surface area (Å²) in [5.41, 5.74) is 0. The van der Waals surface area contributed by atoms with E-state index in [9.17, 15) is 4.79 Å². The molecular formula is C11H21ClN2O. The van der Waals surface area contributed by atoms with Crippen molar-refractivity contribution in [3.05, 3.63) is 0 Å². The fourth-order valence-electron chi connectivity index (χ4n) is 1.48. The van der Waals surface area contributed by atoms with Crippen LogP contribution < -0.4 is 5.32 Å². The normalized spacial score (nSPS) is 20.1. The second-order valence-electron chi connectivity index (χ2n) is 4.55. The molecule has 1 fully saturated rings. The van der Waals surface area contributed by atoms with Crippen molar-refractivity contribution in [2.24, 2.45) is 5.92 Å². The van der Waals surface area contributed by atoms with Crippen LogP contribution in [0.5, 0.6) is 0 Å². The smallest absolute Gasteiger partial charge is 0.224 e. The van der Waals surface area contributed by atoms with Gasteiger partial charge in [-0.15, -0.1) is 11.6 Å². The summed E-state index contributed by atoms with van der Waals surface area (Å²) < 4.78 is 0. The first-order valence-electron chi connectivity index (χ1n) is 5.61. The van der Waals surface area contributed by atoms with Gasteiger partial charge < -0.3 is 5.32 Å². The number of carbonyl (C=O) groups excluding carboxylic acids is 1. The summed E-state index contributed by atoms with van der Waals surface area (Å²) in [7, 11) is 2.12. The van der Waals surface area contributed by atoms with Crippen LogP contribution in [0.3, 0.4) is 0 Å². The Balaban J connectivity index is 2.20. The quantitative estimate of drug-likeness (QED) is 0.704. The summed E-state index contributed by atoms with van der Waals surface area (Å²) in [5.74, 6) is 0.352. The van der Waals surface area contributed by atoms with E-state index in [0.717, 1.165) is 6.04 Å². The van der Waals surface area contributed by atoms with Crippen molar-refractivity contribution in [3.63, 3.8) is 0 Å². The number of halogens is 1. The number of likely N-dealkylation sites (N-methyl/N-ethyl adjacent to an activating group) is 1. The van der Waals surface area contributed by atoms with Crippen molar-refractivity contribution in [3.8, 4) is 0 Å². The molecule has 0 heterocycles. The molecule has 1 amide bonds. The predicted molar refractivity (Wildman–Crippen MR) is 63.1 cm³/mol. The van der Waals surface area contributed by atoms with E-state index in [1.54, 1.807) is 0 Å². The molecule has 3 nitrogen and oxygen atoms in total. The highest BCUT2D eigenvalue weighted by Gasteiger charge is 2.29. The highest BCUT2D eigenvalue weighted by molar-refractivity contribution is 6.19. The Labute approximate surface area is 97.2 Å². The number of nitrogens with one attached hydrogen (secondary N) is 1. The maximum absolute atomic E-state index is 11.5. The monoisotopic (exact) mass is 232 g/mol. The highest BCUT2D eigenvalue weighted by atomic mass is 35.5. The molecule has 4 heteroatoms. The SMILES string of the molecule is CC(CCl)C(=O)NCC(C)N(C)C1CC1.